The fraction of sp³-hybridized carbons (Fsp3) is 0.238. The smallest absolute Gasteiger partial charge is 0.243 e. The summed E-state index contributed by atoms with van der Waals surface area (Å²) < 4.78 is 0. The van der Waals surface area contributed by atoms with E-state index in [4.69, 9.17) is 12.2 Å². The van der Waals surface area contributed by atoms with Crippen molar-refractivity contribution in [2.45, 2.75) is 12.8 Å². The first-order valence-corrected chi connectivity index (χ1v) is 9.15. The van der Waals surface area contributed by atoms with E-state index in [-0.39, 0.29) is 5.91 Å². The maximum Gasteiger partial charge on any atom is 0.243 e. The molecule has 2 aromatic rings. The lowest BCUT2D eigenvalue weighted by molar-refractivity contribution is -0.116. The quantitative estimate of drug-likeness (QED) is 0.425. The Bertz CT molecular complexity index is 717. The number of nitrogens with zero attached hydrogens (tertiary/aromatic N) is 1. The number of thiocarbonyl (C=S) groups is 1. The van der Waals surface area contributed by atoms with E-state index in [2.05, 4.69) is 10.6 Å². The van der Waals surface area contributed by atoms with Crippen molar-refractivity contribution in [1.29, 1.82) is 0 Å². The molecule has 0 aromatic heterocycles. The zero-order chi connectivity index (χ0) is 18.6. The van der Waals surface area contributed by atoms with Gasteiger partial charge in [0.25, 0.3) is 0 Å². The molecule has 0 fully saturated rings. The fourth-order valence-corrected chi connectivity index (χ4v) is 2.55. The van der Waals surface area contributed by atoms with Crippen LogP contribution in [0.2, 0.25) is 0 Å². The van der Waals surface area contributed by atoms with Gasteiger partial charge in [-0.15, -0.1) is 0 Å². The molecular weight excluding hydrogens is 342 g/mol. The number of nitrogens with one attached hydrogen (secondary N) is 2. The number of rotatable bonds is 8. The van der Waals surface area contributed by atoms with Crippen molar-refractivity contribution in [3.63, 3.8) is 0 Å². The molecule has 0 aliphatic carbocycles. The van der Waals surface area contributed by atoms with E-state index in [1.807, 2.05) is 78.7 Å². The van der Waals surface area contributed by atoms with E-state index in [9.17, 15) is 4.79 Å². The summed E-state index contributed by atoms with van der Waals surface area (Å²) in [6.45, 7) is 1.44. The van der Waals surface area contributed by atoms with Crippen molar-refractivity contribution in [2.75, 3.05) is 25.0 Å². The second-order valence-electron chi connectivity index (χ2n) is 5.87. The number of hydrogen-bond acceptors (Lipinski definition) is 2. The predicted molar refractivity (Wildman–Crippen MR) is 113 cm³/mol. The van der Waals surface area contributed by atoms with Crippen molar-refractivity contribution < 1.29 is 4.79 Å². The molecule has 26 heavy (non-hydrogen) atoms. The number of para-hydroxylation sites is 1. The number of carbonyl (C=O) groups is 1. The van der Waals surface area contributed by atoms with Crippen LogP contribution in [-0.4, -0.2) is 31.2 Å². The highest BCUT2D eigenvalue weighted by Gasteiger charge is 2.05. The van der Waals surface area contributed by atoms with Gasteiger partial charge in [-0.2, -0.15) is 0 Å². The molecule has 0 aliphatic rings. The molecule has 136 valence electrons. The van der Waals surface area contributed by atoms with Gasteiger partial charge in [-0.3, -0.25) is 4.79 Å². The molecule has 0 heterocycles. The summed E-state index contributed by atoms with van der Waals surface area (Å²) in [5.74, 6) is -0.0684. The van der Waals surface area contributed by atoms with Crippen LogP contribution >= 0.6 is 12.2 Å². The van der Waals surface area contributed by atoms with E-state index in [0.29, 0.717) is 11.7 Å². The lowest BCUT2D eigenvalue weighted by Gasteiger charge is -2.21. The van der Waals surface area contributed by atoms with Gasteiger partial charge in [0.05, 0.1) is 0 Å². The summed E-state index contributed by atoms with van der Waals surface area (Å²) in [5.41, 5.74) is 2.07. The summed E-state index contributed by atoms with van der Waals surface area (Å²) in [6.07, 6.45) is 5.22. The molecule has 0 bridgehead atoms. The molecule has 5 heteroatoms. The largest absolute Gasteiger partial charge is 0.362 e. The molecule has 4 nitrogen and oxygen atoms in total. The first-order chi connectivity index (χ1) is 12.7. The Morgan fingerprint density at radius 1 is 0.962 bits per heavy atom. The maximum absolute atomic E-state index is 11.8. The number of benzene rings is 2. The molecule has 0 atom stereocenters. The van der Waals surface area contributed by atoms with Crippen molar-refractivity contribution in [3.8, 4) is 0 Å². The van der Waals surface area contributed by atoms with Gasteiger partial charge in [0.15, 0.2) is 5.11 Å². The number of carbonyl (C=O) groups excluding carboxylic acids is 1. The van der Waals surface area contributed by atoms with Gasteiger partial charge in [0.2, 0.25) is 5.91 Å². The molecule has 0 unspecified atom stereocenters. The Morgan fingerprint density at radius 3 is 2.19 bits per heavy atom. The second kappa shape index (κ2) is 11.1. The van der Waals surface area contributed by atoms with E-state index >= 15 is 0 Å². The zero-order valence-corrected chi connectivity index (χ0v) is 15.8. The minimum Gasteiger partial charge on any atom is -0.362 e. The standard InChI is InChI=1S/C21H25N3OS/c1-24(19-12-6-3-7-13-19)21(26)23-17-9-8-16-22-20(25)15-14-18-10-4-2-5-11-18/h2-7,10-15H,8-9,16-17H2,1H3,(H,22,25)(H,23,26). The van der Waals surface area contributed by atoms with E-state index < -0.39 is 0 Å². The summed E-state index contributed by atoms with van der Waals surface area (Å²) in [6, 6.07) is 19.8. The topological polar surface area (TPSA) is 44.4 Å². The Labute approximate surface area is 160 Å². The summed E-state index contributed by atoms with van der Waals surface area (Å²) in [4.78, 5) is 13.7. The Balaban J connectivity index is 1.57. The monoisotopic (exact) mass is 367 g/mol. The number of amides is 1. The van der Waals surface area contributed by atoms with Crippen LogP contribution in [0.25, 0.3) is 6.08 Å². The first kappa shape index (κ1) is 19.7. The highest BCUT2D eigenvalue weighted by atomic mass is 32.1. The Kier molecular flexibility index (Phi) is 8.36. The summed E-state index contributed by atoms with van der Waals surface area (Å²) in [5, 5.41) is 6.84. The van der Waals surface area contributed by atoms with Gasteiger partial charge < -0.3 is 15.5 Å². The van der Waals surface area contributed by atoms with Crippen molar-refractivity contribution in [2.24, 2.45) is 0 Å². The highest BCUT2D eigenvalue weighted by molar-refractivity contribution is 7.80. The van der Waals surface area contributed by atoms with Crippen LogP contribution in [0.1, 0.15) is 18.4 Å². The minimum absolute atomic E-state index is 0.0684. The first-order valence-electron chi connectivity index (χ1n) is 8.74. The molecule has 2 aromatic carbocycles. The van der Waals surface area contributed by atoms with Gasteiger partial charge in [-0.05, 0) is 48.8 Å². The zero-order valence-electron chi connectivity index (χ0n) is 15.0. The third-order valence-corrected chi connectivity index (χ3v) is 4.27. The van der Waals surface area contributed by atoms with E-state index in [1.165, 1.54) is 0 Å². The van der Waals surface area contributed by atoms with E-state index in [0.717, 1.165) is 30.6 Å². The van der Waals surface area contributed by atoms with Crippen LogP contribution in [0, 0.1) is 0 Å². The average Bonchev–Trinajstić information content (AvgIpc) is 2.69. The summed E-state index contributed by atoms with van der Waals surface area (Å²) >= 11 is 5.40. The van der Waals surface area contributed by atoms with Crippen molar-refractivity contribution >= 4 is 35.0 Å². The SMILES string of the molecule is CN(C(=S)NCCCCNC(=O)C=Cc1ccccc1)c1ccccc1. The molecule has 1 amide bonds. The normalized spacial score (nSPS) is 10.5. The third-order valence-electron chi connectivity index (χ3n) is 3.85. The van der Waals surface area contributed by atoms with Crippen LogP contribution in [0.15, 0.2) is 66.7 Å². The number of anilines is 1. The Morgan fingerprint density at radius 2 is 1.54 bits per heavy atom. The molecule has 0 spiro atoms. The lowest BCUT2D eigenvalue weighted by Crippen LogP contribution is -2.37. The minimum atomic E-state index is -0.0684. The van der Waals surface area contributed by atoms with Crippen LogP contribution < -0.4 is 15.5 Å². The maximum atomic E-state index is 11.8. The van der Waals surface area contributed by atoms with Crippen LogP contribution in [0.5, 0.6) is 0 Å². The summed E-state index contributed by atoms with van der Waals surface area (Å²) in [7, 11) is 1.95. The van der Waals surface area contributed by atoms with Crippen LogP contribution in [-0.2, 0) is 4.79 Å². The van der Waals surface area contributed by atoms with Gasteiger partial charge >= 0.3 is 0 Å². The molecule has 0 saturated carbocycles. The lowest BCUT2D eigenvalue weighted by atomic mass is 10.2. The van der Waals surface area contributed by atoms with Crippen molar-refractivity contribution in [3.05, 3.63) is 72.3 Å². The number of hydrogen-bond donors (Lipinski definition) is 2. The molecule has 0 saturated heterocycles. The fourth-order valence-electron chi connectivity index (χ4n) is 2.34. The van der Waals surface area contributed by atoms with Gasteiger partial charge in [0.1, 0.15) is 0 Å². The van der Waals surface area contributed by atoms with Gasteiger partial charge in [-0.1, -0.05) is 48.5 Å². The van der Waals surface area contributed by atoms with E-state index in [1.54, 1.807) is 6.08 Å². The molecule has 2 rings (SSSR count). The van der Waals surface area contributed by atoms with Gasteiger partial charge in [-0.25, -0.2) is 0 Å². The van der Waals surface area contributed by atoms with Crippen LogP contribution in [0.3, 0.4) is 0 Å². The van der Waals surface area contributed by atoms with Crippen LogP contribution in [0.4, 0.5) is 5.69 Å². The Hall–Kier alpha value is -2.66. The number of unbranched alkanes of at least 4 members (excludes halogenated alkanes) is 1. The molecule has 0 aliphatic heterocycles. The second-order valence-corrected chi connectivity index (χ2v) is 6.26. The van der Waals surface area contributed by atoms with Gasteiger partial charge in [0, 0.05) is 31.9 Å². The predicted octanol–water partition coefficient (Wildman–Crippen LogP) is 3.61. The molecule has 2 N–H and O–H groups in total. The van der Waals surface area contributed by atoms with Crippen molar-refractivity contribution in [1.82, 2.24) is 10.6 Å². The average molecular weight is 368 g/mol. The molecule has 0 radical (unpaired) electrons. The highest BCUT2D eigenvalue weighted by Crippen LogP contribution is 2.10. The third kappa shape index (κ3) is 7.07. The molecular formula is C21H25N3OS.